The molecule has 0 fully saturated rings. The number of oxazole rings is 1. The summed E-state index contributed by atoms with van der Waals surface area (Å²) < 4.78 is 46.1. The lowest BCUT2D eigenvalue weighted by Crippen LogP contribution is -2.43. The summed E-state index contributed by atoms with van der Waals surface area (Å²) in [5, 5.41) is 13.3. The molecule has 2 aromatic heterocycles. The van der Waals surface area contributed by atoms with Crippen LogP contribution in [-0.4, -0.2) is 28.3 Å². The molecular formula is C15H12F3N3O2S. The van der Waals surface area contributed by atoms with Crippen molar-refractivity contribution in [3.8, 4) is 11.3 Å². The van der Waals surface area contributed by atoms with Gasteiger partial charge in [-0.3, -0.25) is 0 Å². The first-order valence-corrected chi connectivity index (χ1v) is 7.63. The zero-order valence-electron chi connectivity index (χ0n) is 12.3. The fraction of sp³-hybridized carbons (Fsp3) is 0.200. The largest absolute Gasteiger partial charge is 0.437 e. The molecule has 0 saturated heterocycles. The van der Waals surface area contributed by atoms with E-state index in [0.717, 1.165) is 12.4 Å². The van der Waals surface area contributed by atoms with E-state index in [4.69, 9.17) is 4.42 Å². The molecule has 1 unspecified atom stereocenters. The highest BCUT2D eigenvalue weighted by Gasteiger charge is 2.61. The van der Waals surface area contributed by atoms with Gasteiger partial charge in [-0.05, 0) is 0 Å². The van der Waals surface area contributed by atoms with Crippen LogP contribution in [-0.2, 0) is 5.60 Å². The van der Waals surface area contributed by atoms with E-state index in [-0.39, 0.29) is 10.9 Å². The van der Waals surface area contributed by atoms with Crippen molar-refractivity contribution >= 4 is 16.5 Å². The van der Waals surface area contributed by atoms with Gasteiger partial charge in [-0.15, -0.1) is 0 Å². The second kappa shape index (κ2) is 5.91. The van der Waals surface area contributed by atoms with Gasteiger partial charge in [0, 0.05) is 18.8 Å². The summed E-state index contributed by atoms with van der Waals surface area (Å²) in [6, 6.07) is 8.54. The van der Waals surface area contributed by atoms with Gasteiger partial charge in [0.05, 0.1) is 11.1 Å². The lowest BCUT2D eigenvalue weighted by atomic mass is 10.0. The minimum Gasteiger partial charge on any atom is -0.437 e. The fourth-order valence-corrected chi connectivity index (χ4v) is 2.97. The van der Waals surface area contributed by atoms with Crippen LogP contribution >= 0.6 is 11.3 Å². The molecule has 5 nitrogen and oxygen atoms in total. The Labute approximate surface area is 138 Å². The van der Waals surface area contributed by atoms with Gasteiger partial charge in [0.25, 0.3) is 5.60 Å². The van der Waals surface area contributed by atoms with Crippen molar-refractivity contribution in [1.82, 2.24) is 9.97 Å². The Morgan fingerprint density at radius 2 is 1.83 bits per heavy atom. The van der Waals surface area contributed by atoms with E-state index in [1.54, 1.807) is 30.3 Å². The van der Waals surface area contributed by atoms with E-state index in [9.17, 15) is 18.3 Å². The van der Waals surface area contributed by atoms with Crippen molar-refractivity contribution in [2.75, 3.05) is 12.4 Å². The van der Waals surface area contributed by atoms with E-state index in [1.807, 2.05) is 0 Å². The molecule has 0 saturated carbocycles. The van der Waals surface area contributed by atoms with Crippen LogP contribution in [0.1, 0.15) is 10.8 Å². The maximum Gasteiger partial charge on any atom is 0.431 e. The van der Waals surface area contributed by atoms with Crippen molar-refractivity contribution in [2.24, 2.45) is 0 Å². The lowest BCUT2D eigenvalue weighted by molar-refractivity contribution is -0.254. The van der Waals surface area contributed by atoms with Gasteiger partial charge in [-0.25, -0.2) is 9.97 Å². The van der Waals surface area contributed by atoms with E-state index in [0.29, 0.717) is 16.9 Å². The van der Waals surface area contributed by atoms with Crippen LogP contribution in [0, 0.1) is 0 Å². The summed E-state index contributed by atoms with van der Waals surface area (Å²) in [5.74, 6) is -0.716. The number of hydrogen-bond acceptors (Lipinski definition) is 6. The van der Waals surface area contributed by atoms with Gasteiger partial charge in [0.15, 0.2) is 10.9 Å². The summed E-state index contributed by atoms with van der Waals surface area (Å²) in [4.78, 5) is 7.02. The molecule has 0 aliphatic rings. The normalized spacial score (nSPS) is 14.4. The number of nitrogens with zero attached hydrogens (tertiary/aromatic N) is 2. The molecule has 126 valence electrons. The third-order valence-corrected chi connectivity index (χ3v) is 4.48. The molecular weight excluding hydrogens is 343 g/mol. The van der Waals surface area contributed by atoms with Crippen LogP contribution in [0.3, 0.4) is 0 Å². The Bertz CT molecular complexity index is 832. The molecule has 0 aliphatic carbocycles. The van der Waals surface area contributed by atoms with Crippen molar-refractivity contribution in [2.45, 2.75) is 11.8 Å². The Morgan fingerprint density at radius 1 is 1.12 bits per heavy atom. The molecule has 0 bridgehead atoms. The van der Waals surface area contributed by atoms with Gasteiger partial charge in [0.1, 0.15) is 0 Å². The minimum absolute atomic E-state index is 0.131. The van der Waals surface area contributed by atoms with Gasteiger partial charge in [-0.2, -0.15) is 13.2 Å². The molecule has 1 aromatic carbocycles. The SMILES string of the molecule is CNc1ncc(C(O)(c2ncc(-c3ccccc3)o2)C(F)(F)F)s1. The average Bonchev–Trinajstić information content (AvgIpc) is 3.23. The zero-order chi connectivity index (χ0) is 17.4. The highest BCUT2D eigenvalue weighted by Crippen LogP contribution is 2.46. The molecule has 3 rings (SSSR count). The number of benzene rings is 1. The number of halogens is 3. The highest BCUT2D eigenvalue weighted by molar-refractivity contribution is 7.15. The topological polar surface area (TPSA) is 71.2 Å². The first-order chi connectivity index (χ1) is 11.4. The summed E-state index contributed by atoms with van der Waals surface area (Å²) >= 11 is 0.674. The molecule has 0 amide bonds. The Hall–Kier alpha value is -2.39. The molecule has 1 atom stereocenters. The number of aliphatic hydroxyl groups is 1. The van der Waals surface area contributed by atoms with Gasteiger partial charge < -0.3 is 14.8 Å². The van der Waals surface area contributed by atoms with Crippen molar-refractivity contribution in [3.63, 3.8) is 0 Å². The molecule has 0 aliphatic heterocycles. The lowest BCUT2D eigenvalue weighted by Gasteiger charge is -2.25. The maximum absolute atomic E-state index is 13.6. The van der Waals surface area contributed by atoms with Crippen molar-refractivity contribution < 1.29 is 22.7 Å². The summed E-state index contributed by atoms with van der Waals surface area (Å²) in [5.41, 5.74) is -2.81. The second-order valence-electron chi connectivity index (χ2n) is 4.88. The number of anilines is 1. The van der Waals surface area contributed by atoms with Crippen LogP contribution in [0.25, 0.3) is 11.3 Å². The molecule has 0 radical (unpaired) electrons. The van der Waals surface area contributed by atoms with Crippen LogP contribution in [0.4, 0.5) is 18.3 Å². The van der Waals surface area contributed by atoms with Crippen molar-refractivity contribution in [1.29, 1.82) is 0 Å². The van der Waals surface area contributed by atoms with E-state index in [1.165, 1.54) is 7.05 Å². The van der Waals surface area contributed by atoms with E-state index < -0.39 is 22.5 Å². The molecule has 3 aromatic rings. The van der Waals surface area contributed by atoms with Gasteiger partial charge in [0.2, 0.25) is 5.89 Å². The number of aromatic nitrogens is 2. The molecule has 2 heterocycles. The zero-order valence-corrected chi connectivity index (χ0v) is 13.1. The summed E-state index contributed by atoms with van der Waals surface area (Å²) in [6.07, 6.45) is -2.92. The number of rotatable bonds is 4. The fourth-order valence-electron chi connectivity index (χ4n) is 2.10. The molecule has 9 heteroatoms. The number of hydrogen-bond donors (Lipinski definition) is 2. The summed E-state index contributed by atoms with van der Waals surface area (Å²) in [7, 11) is 1.52. The second-order valence-corrected chi connectivity index (χ2v) is 5.91. The van der Waals surface area contributed by atoms with Crippen LogP contribution in [0.5, 0.6) is 0 Å². The first kappa shape index (κ1) is 16.5. The standard InChI is InChI=1S/C15H12F3N3O2S/c1-19-13-21-8-11(24-13)14(22,15(16,17)18)12-20-7-10(23-12)9-5-3-2-4-6-9/h2-8,22H,1H3,(H,19,21). The average molecular weight is 355 g/mol. The predicted octanol–water partition coefficient (Wildman–Crippen LogP) is 3.64. The van der Waals surface area contributed by atoms with Crippen LogP contribution < -0.4 is 5.32 Å². The predicted molar refractivity (Wildman–Crippen MR) is 82.7 cm³/mol. The Morgan fingerprint density at radius 3 is 2.42 bits per heavy atom. The smallest absolute Gasteiger partial charge is 0.431 e. The molecule has 2 N–H and O–H groups in total. The van der Waals surface area contributed by atoms with Gasteiger partial charge in [-0.1, -0.05) is 41.7 Å². The van der Waals surface area contributed by atoms with E-state index >= 15 is 0 Å². The molecule has 0 spiro atoms. The van der Waals surface area contributed by atoms with Crippen LogP contribution in [0.2, 0.25) is 0 Å². The minimum atomic E-state index is -5.02. The van der Waals surface area contributed by atoms with Crippen molar-refractivity contribution in [3.05, 3.63) is 53.5 Å². The molecule has 24 heavy (non-hydrogen) atoms. The number of alkyl halides is 3. The van der Waals surface area contributed by atoms with Gasteiger partial charge >= 0.3 is 6.18 Å². The Balaban J connectivity index is 2.09. The van der Waals surface area contributed by atoms with Crippen LogP contribution in [0.15, 0.2) is 47.1 Å². The third kappa shape index (κ3) is 2.65. The van der Waals surface area contributed by atoms with E-state index in [2.05, 4.69) is 15.3 Å². The Kier molecular flexibility index (Phi) is 4.06. The third-order valence-electron chi connectivity index (χ3n) is 3.36. The monoisotopic (exact) mass is 355 g/mol. The quantitative estimate of drug-likeness (QED) is 0.748. The summed E-state index contributed by atoms with van der Waals surface area (Å²) in [6.45, 7) is 0. The highest BCUT2D eigenvalue weighted by atomic mass is 32.1. The first-order valence-electron chi connectivity index (χ1n) is 6.81. The number of nitrogens with one attached hydrogen (secondary N) is 1. The maximum atomic E-state index is 13.6. The number of thiazole rings is 1.